The van der Waals surface area contributed by atoms with Gasteiger partial charge in [0.15, 0.2) is 0 Å². The van der Waals surface area contributed by atoms with E-state index < -0.39 is 23.7 Å². The summed E-state index contributed by atoms with van der Waals surface area (Å²) in [5, 5.41) is 11.5. The van der Waals surface area contributed by atoms with Crippen molar-refractivity contribution in [1.82, 2.24) is 0 Å². The molecular formula is C26H20ClNO5. The van der Waals surface area contributed by atoms with E-state index in [-0.39, 0.29) is 17.9 Å². The van der Waals surface area contributed by atoms with Gasteiger partial charge in [0.25, 0.3) is 11.7 Å². The summed E-state index contributed by atoms with van der Waals surface area (Å²) in [5.41, 5.74) is 1.74. The number of carbonyl (C=O) groups is 3. The molecule has 3 aromatic rings. The highest BCUT2D eigenvalue weighted by molar-refractivity contribution is 6.51. The van der Waals surface area contributed by atoms with Gasteiger partial charge in [-0.1, -0.05) is 41.9 Å². The van der Waals surface area contributed by atoms with Crippen molar-refractivity contribution >= 4 is 40.7 Å². The number of rotatable bonds is 5. The normalized spacial score (nSPS) is 17.3. The fraction of sp³-hybridized carbons (Fsp3) is 0.115. The van der Waals surface area contributed by atoms with Gasteiger partial charge in [0.1, 0.15) is 5.76 Å². The van der Waals surface area contributed by atoms with Crippen molar-refractivity contribution in [2.24, 2.45) is 0 Å². The summed E-state index contributed by atoms with van der Waals surface area (Å²) < 4.78 is 5.00. The van der Waals surface area contributed by atoms with Crippen LogP contribution in [0.5, 0.6) is 0 Å². The number of benzene rings is 3. The summed E-state index contributed by atoms with van der Waals surface area (Å²) >= 11 is 5.95. The SMILES string of the molecule is CCOC(=O)c1ccc(N2C(=O)C(=O)C(=C(O)c3ccc(Cl)cc3)[C@H]2c2ccccc2)cc1. The Labute approximate surface area is 195 Å². The van der Waals surface area contributed by atoms with Crippen molar-refractivity contribution in [2.75, 3.05) is 11.5 Å². The van der Waals surface area contributed by atoms with Crippen molar-refractivity contribution in [3.63, 3.8) is 0 Å². The molecule has 1 fully saturated rings. The summed E-state index contributed by atoms with van der Waals surface area (Å²) in [4.78, 5) is 39.6. The van der Waals surface area contributed by atoms with E-state index >= 15 is 0 Å². The highest BCUT2D eigenvalue weighted by Crippen LogP contribution is 2.42. The number of Topliss-reactive ketones (excluding diaryl/α,β-unsaturated/α-hetero) is 1. The standard InChI is InChI=1S/C26H20ClNO5/c1-2-33-26(32)18-10-14-20(15-11-18)28-22(16-6-4-3-5-7-16)21(24(30)25(28)31)23(29)17-8-12-19(27)13-9-17/h3-15,22,29H,2H2,1H3/t22-/m1/s1. The molecule has 0 saturated carbocycles. The van der Waals surface area contributed by atoms with Gasteiger partial charge in [0, 0.05) is 16.3 Å². The summed E-state index contributed by atoms with van der Waals surface area (Å²) in [6, 6.07) is 20.7. The number of amides is 1. The quantitative estimate of drug-likeness (QED) is 0.246. The van der Waals surface area contributed by atoms with E-state index in [2.05, 4.69) is 0 Å². The second kappa shape index (κ2) is 9.30. The smallest absolute Gasteiger partial charge is 0.338 e. The van der Waals surface area contributed by atoms with Gasteiger partial charge in [0.2, 0.25) is 0 Å². The zero-order valence-electron chi connectivity index (χ0n) is 17.7. The summed E-state index contributed by atoms with van der Waals surface area (Å²) in [5.74, 6) is -2.34. The minimum absolute atomic E-state index is 0.0250. The predicted octanol–water partition coefficient (Wildman–Crippen LogP) is 5.14. The van der Waals surface area contributed by atoms with E-state index in [0.29, 0.717) is 27.4 Å². The van der Waals surface area contributed by atoms with E-state index in [1.807, 2.05) is 6.07 Å². The molecule has 6 nitrogen and oxygen atoms in total. The average Bonchev–Trinajstić information content (AvgIpc) is 3.10. The van der Waals surface area contributed by atoms with Crippen LogP contribution in [0.25, 0.3) is 5.76 Å². The zero-order valence-corrected chi connectivity index (χ0v) is 18.5. The average molecular weight is 462 g/mol. The van der Waals surface area contributed by atoms with Crippen molar-refractivity contribution in [1.29, 1.82) is 0 Å². The molecule has 166 valence electrons. The molecule has 7 heteroatoms. The van der Waals surface area contributed by atoms with Gasteiger partial charge in [-0.2, -0.15) is 0 Å². The molecule has 1 heterocycles. The molecular weight excluding hydrogens is 442 g/mol. The Morgan fingerprint density at radius 3 is 2.15 bits per heavy atom. The number of nitrogens with zero attached hydrogens (tertiary/aromatic N) is 1. The lowest BCUT2D eigenvalue weighted by molar-refractivity contribution is -0.132. The molecule has 0 aromatic heterocycles. The zero-order chi connectivity index (χ0) is 23.5. The third-order valence-electron chi connectivity index (χ3n) is 5.33. The maximum absolute atomic E-state index is 13.1. The molecule has 1 saturated heterocycles. The van der Waals surface area contributed by atoms with Crippen LogP contribution in [0.4, 0.5) is 5.69 Å². The number of aliphatic hydroxyl groups excluding tert-OH is 1. The van der Waals surface area contributed by atoms with E-state index in [4.69, 9.17) is 16.3 Å². The summed E-state index contributed by atoms with van der Waals surface area (Å²) in [6.07, 6.45) is 0. The van der Waals surface area contributed by atoms with Gasteiger partial charge in [-0.05, 0) is 61.0 Å². The lowest BCUT2D eigenvalue weighted by Gasteiger charge is -2.25. The Balaban J connectivity index is 1.84. The van der Waals surface area contributed by atoms with Crippen LogP contribution < -0.4 is 4.90 Å². The Kier molecular flexibility index (Phi) is 6.29. The first-order valence-corrected chi connectivity index (χ1v) is 10.7. The van der Waals surface area contributed by atoms with Gasteiger partial charge in [0.05, 0.1) is 23.8 Å². The molecule has 1 aliphatic heterocycles. The van der Waals surface area contributed by atoms with Crippen LogP contribution in [0.3, 0.4) is 0 Å². The third kappa shape index (κ3) is 4.25. The molecule has 0 radical (unpaired) electrons. The van der Waals surface area contributed by atoms with Gasteiger partial charge in [-0.25, -0.2) is 4.79 Å². The first kappa shape index (κ1) is 22.3. The highest BCUT2D eigenvalue weighted by Gasteiger charge is 2.46. The molecule has 0 spiro atoms. The monoisotopic (exact) mass is 461 g/mol. The Morgan fingerprint density at radius 2 is 1.55 bits per heavy atom. The minimum Gasteiger partial charge on any atom is -0.507 e. The number of esters is 1. The summed E-state index contributed by atoms with van der Waals surface area (Å²) in [7, 11) is 0. The Hall–Kier alpha value is -3.90. The van der Waals surface area contributed by atoms with E-state index in [0.717, 1.165) is 0 Å². The Morgan fingerprint density at radius 1 is 0.939 bits per heavy atom. The predicted molar refractivity (Wildman–Crippen MR) is 125 cm³/mol. The molecule has 0 unspecified atom stereocenters. The van der Waals surface area contributed by atoms with Crippen LogP contribution >= 0.6 is 11.6 Å². The van der Waals surface area contributed by atoms with Crippen LogP contribution in [-0.2, 0) is 14.3 Å². The van der Waals surface area contributed by atoms with Crippen LogP contribution in [0, 0.1) is 0 Å². The van der Waals surface area contributed by atoms with Crippen molar-refractivity contribution in [3.8, 4) is 0 Å². The lowest BCUT2D eigenvalue weighted by Crippen LogP contribution is -2.29. The molecule has 4 rings (SSSR count). The van der Waals surface area contributed by atoms with E-state index in [1.165, 1.54) is 17.0 Å². The molecule has 0 aliphatic carbocycles. The number of halogens is 1. The third-order valence-corrected chi connectivity index (χ3v) is 5.59. The number of hydrogen-bond donors (Lipinski definition) is 1. The first-order chi connectivity index (χ1) is 15.9. The number of hydrogen-bond acceptors (Lipinski definition) is 5. The van der Waals surface area contributed by atoms with Crippen LogP contribution in [0.15, 0.2) is 84.4 Å². The molecule has 33 heavy (non-hydrogen) atoms. The van der Waals surface area contributed by atoms with Crippen LogP contribution in [0.2, 0.25) is 5.02 Å². The van der Waals surface area contributed by atoms with E-state index in [9.17, 15) is 19.5 Å². The van der Waals surface area contributed by atoms with Crippen LogP contribution in [0.1, 0.15) is 34.5 Å². The largest absolute Gasteiger partial charge is 0.507 e. The van der Waals surface area contributed by atoms with Crippen LogP contribution in [-0.4, -0.2) is 29.4 Å². The fourth-order valence-electron chi connectivity index (χ4n) is 3.79. The maximum atomic E-state index is 13.1. The number of ketones is 1. The second-order valence-electron chi connectivity index (χ2n) is 7.35. The number of aliphatic hydroxyl groups is 1. The van der Waals surface area contributed by atoms with Gasteiger partial charge < -0.3 is 9.84 Å². The number of anilines is 1. The number of ether oxygens (including phenoxy) is 1. The highest BCUT2D eigenvalue weighted by atomic mass is 35.5. The lowest BCUT2D eigenvalue weighted by atomic mass is 9.95. The van der Waals surface area contributed by atoms with Crippen molar-refractivity contribution in [3.05, 3.63) is 106 Å². The molecule has 1 atom stereocenters. The number of carbonyl (C=O) groups excluding carboxylic acids is 3. The van der Waals surface area contributed by atoms with Gasteiger partial charge in [-0.3, -0.25) is 14.5 Å². The molecule has 1 aliphatic rings. The molecule has 0 bridgehead atoms. The summed E-state index contributed by atoms with van der Waals surface area (Å²) in [6.45, 7) is 1.96. The maximum Gasteiger partial charge on any atom is 0.338 e. The van der Waals surface area contributed by atoms with Crippen molar-refractivity contribution < 1.29 is 24.2 Å². The van der Waals surface area contributed by atoms with Crippen molar-refractivity contribution in [2.45, 2.75) is 13.0 Å². The van der Waals surface area contributed by atoms with Gasteiger partial charge in [-0.15, -0.1) is 0 Å². The first-order valence-electron chi connectivity index (χ1n) is 10.3. The van der Waals surface area contributed by atoms with Gasteiger partial charge >= 0.3 is 5.97 Å². The molecule has 1 amide bonds. The fourth-order valence-corrected chi connectivity index (χ4v) is 3.91. The second-order valence-corrected chi connectivity index (χ2v) is 7.79. The van der Waals surface area contributed by atoms with E-state index in [1.54, 1.807) is 67.6 Å². The molecule has 3 aromatic carbocycles. The topological polar surface area (TPSA) is 83.9 Å². The molecule has 1 N–H and O–H groups in total. The minimum atomic E-state index is -0.852. The Bertz CT molecular complexity index is 1230.